The highest BCUT2D eigenvalue weighted by Crippen LogP contribution is 2.26. The van der Waals surface area contributed by atoms with Crippen molar-refractivity contribution in [1.82, 2.24) is 0 Å². The van der Waals surface area contributed by atoms with Gasteiger partial charge < -0.3 is 15.9 Å². The summed E-state index contributed by atoms with van der Waals surface area (Å²) in [4.78, 5) is 19.4. The first-order chi connectivity index (χ1) is 5.88. The van der Waals surface area contributed by atoms with Gasteiger partial charge in [-0.05, 0) is 12.8 Å². The van der Waals surface area contributed by atoms with Crippen LogP contribution >= 0.6 is 0 Å². The average Bonchev–Trinajstić information content (AvgIpc) is 2.35. The summed E-state index contributed by atoms with van der Waals surface area (Å²) in [6.45, 7) is 1.08. The molecule has 0 saturated heterocycles. The van der Waals surface area contributed by atoms with Crippen molar-refractivity contribution in [1.29, 1.82) is 0 Å². The Labute approximate surface area is 76.5 Å². The van der Waals surface area contributed by atoms with E-state index in [1.807, 2.05) is 0 Å². The van der Waals surface area contributed by atoms with Gasteiger partial charge in [-0.3, -0.25) is 9.59 Å². The lowest BCUT2D eigenvalue weighted by atomic mass is 10.0. The van der Waals surface area contributed by atoms with Crippen molar-refractivity contribution >= 4 is 11.9 Å². The summed E-state index contributed by atoms with van der Waals surface area (Å²) >= 11 is 0. The van der Waals surface area contributed by atoms with Crippen LogP contribution in [0.15, 0.2) is 0 Å². The molecule has 1 aliphatic rings. The molecule has 0 aliphatic heterocycles. The lowest BCUT2D eigenvalue weighted by Crippen LogP contribution is -2.44. The molecule has 0 amide bonds. The van der Waals surface area contributed by atoms with Crippen LogP contribution in [0.25, 0.3) is 0 Å². The Kier molecular flexibility index (Phi) is 4.40. The highest BCUT2D eigenvalue weighted by Gasteiger charge is 2.36. The van der Waals surface area contributed by atoms with Crippen molar-refractivity contribution in [2.75, 3.05) is 0 Å². The molecule has 0 aromatic heterocycles. The monoisotopic (exact) mass is 189 g/mol. The summed E-state index contributed by atoms with van der Waals surface area (Å²) in [5.74, 6) is -1.68. The van der Waals surface area contributed by atoms with Crippen molar-refractivity contribution in [3.05, 3.63) is 0 Å². The summed E-state index contributed by atoms with van der Waals surface area (Å²) in [6, 6.07) is 0. The highest BCUT2D eigenvalue weighted by molar-refractivity contribution is 5.78. The van der Waals surface area contributed by atoms with Crippen LogP contribution in [-0.4, -0.2) is 27.7 Å². The predicted octanol–water partition coefficient (Wildman–Crippen LogP) is 0.433. The van der Waals surface area contributed by atoms with Crippen molar-refractivity contribution in [2.24, 2.45) is 5.73 Å². The van der Waals surface area contributed by atoms with Gasteiger partial charge >= 0.3 is 5.97 Å². The number of rotatable bonds is 1. The standard InChI is InChI=1S/C6H11NO2.C2H4O2/c7-6(5(8)9)3-1-2-4-6;1-2(3)4/h1-4,7H2,(H,8,9);1H3,(H,3,4). The first-order valence-corrected chi connectivity index (χ1v) is 4.10. The molecule has 1 rings (SSSR count). The molecule has 4 N–H and O–H groups in total. The summed E-state index contributed by atoms with van der Waals surface area (Å²) in [7, 11) is 0. The van der Waals surface area contributed by atoms with E-state index in [0.717, 1.165) is 19.8 Å². The molecule has 0 spiro atoms. The van der Waals surface area contributed by atoms with Crippen molar-refractivity contribution in [3.63, 3.8) is 0 Å². The van der Waals surface area contributed by atoms with E-state index in [9.17, 15) is 4.79 Å². The van der Waals surface area contributed by atoms with Gasteiger partial charge in [-0.1, -0.05) is 12.8 Å². The zero-order chi connectivity index (χ0) is 10.5. The maximum Gasteiger partial charge on any atom is 0.323 e. The predicted molar refractivity (Wildman–Crippen MR) is 46.3 cm³/mol. The third-order valence-corrected chi connectivity index (χ3v) is 1.92. The third-order valence-electron chi connectivity index (χ3n) is 1.92. The summed E-state index contributed by atoms with van der Waals surface area (Å²) in [5, 5.41) is 16.0. The molecule has 0 unspecified atom stereocenters. The molecular formula is C8H15NO4. The number of carboxylic acid groups (broad SMARTS) is 2. The Morgan fingerprint density at radius 2 is 1.54 bits per heavy atom. The smallest absolute Gasteiger partial charge is 0.323 e. The largest absolute Gasteiger partial charge is 0.481 e. The van der Waals surface area contributed by atoms with Crippen LogP contribution in [-0.2, 0) is 9.59 Å². The number of carbonyl (C=O) groups is 2. The second-order valence-corrected chi connectivity index (χ2v) is 3.19. The molecule has 13 heavy (non-hydrogen) atoms. The van der Waals surface area contributed by atoms with Gasteiger partial charge in [0.25, 0.3) is 5.97 Å². The van der Waals surface area contributed by atoms with Crippen molar-refractivity contribution < 1.29 is 19.8 Å². The lowest BCUT2D eigenvalue weighted by Gasteiger charge is -2.15. The molecule has 1 saturated carbocycles. The summed E-state index contributed by atoms with van der Waals surface area (Å²) in [5.41, 5.74) is 4.61. The van der Waals surface area contributed by atoms with E-state index in [1.54, 1.807) is 0 Å². The quantitative estimate of drug-likeness (QED) is 0.555. The Hall–Kier alpha value is -1.10. The molecule has 0 atom stereocenters. The van der Waals surface area contributed by atoms with Crippen LogP contribution in [0.3, 0.4) is 0 Å². The Morgan fingerprint density at radius 1 is 1.23 bits per heavy atom. The van der Waals surface area contributed by atoms with Crippen LogP contribution in [0, 0.1) is 0 Å². The zero-order valence-electron chi connectivity index (χ0n) is 7.62. The molecule has 0 aromatic carbocycles. The van der Waals surface area contributed by atoms with Crippen LogP contribution in [0.2, 0.25) is 0 Å². The maximum absolute atomic E-state index is 10.4. The molecule has 5 nitrogen and oxygen atoms in total. The van der Waals surface area contributed by atoms with Crippen molar-refractivity contribution in [3.8, 4) is 0 Å². The van der Waals surface area contributed by atoms with Gasteiger partial charge in [-0.15, -0.1) is 0 Å². The summed E-state index contributed by atoms with van der Waals surface area (Å²) in [6.07, 6.45) is 3.20. The minimum atomic E-state index is -0.889. The van der Waals surface area contributed by atoms with E-state index in [-0.39, 0.29) is 0 Å². The molecule has 0 aromatic rings. The number of hydrogen-bond acceptors (Lipinski definition) is 3. The lowest BCUT2D eigenvalue weighted by molar-refractivity contribution is -0.143. The summed E-state index contributed by atoms with van der Waals surface area (Å²) < 4.78 is 0. The van der Waals surface area contributed by atoms with E-state index < -0.39 is 17.5 Å². The molecule has 1 fully saturated rings. The third kappa shape index (κ3) is 4.47. The maximum atomic E-state index is 10.4. The second kappa shape index (κ2) is 4.81. The number of carboxylic acids is 2. The van der Waals surface area contributed by atoms with Crippen LogP contribution in [0.1, 0.15) is 32.6 Å². The SMILES string of the molecule is CC(=O)O.NC1(C(=O)O)CCCC1. The fraction of sp³-hybridized carbons (Fsp3) is 0.750. The van der Waals surface area contributed by atoms with Gasteiger partial charge in [0, 0.05) is 6.92 Å². The average molecular weight is 189 g/mol. The van der Waals surface area contributed by atoms with E-state index >= 15 is 0 Å². The van der Waals surface area contributed by atoms with Gasteiger partial charge in [0.2, 0.25) is 0 Å². The molecule has 0 heterocycles. The van der Waals surface area contributed by atoms with E-state index in [2.05, 4.69) is 0 Å². The fourth-order valence-electron chi connectivity index (χ4n) is 1.22. The second-order valence-electron chi connectivity index (χ2n) is 3.19. The normalized spacial score (nSPS) is 18.6. The van der Waals surface area contributed by atoms with Gasteiger partial charge in [0.05, 0.1) is 0 Å². The Morgan fingerprint density at radius 3 is 1.69 bits per heavy atom. The van der Waals surface area contributed by atoms with Crippen LogP contribution in [0.5, 0.6) is 0 Å². The van der Waals surface area contributed by atoms with Gasteiger partial charge in [-0.2, -0.15) is 0 Å². The van der Waals surface area contributed by atoms with Gasteiger partial charge in [-0.25, -0.2) is 0 Å². The van der Waals surface area contributed by atoms with E-state index in [0.29, 0.717) is 12.8 Å². The first-order valence-electron chi connectivity index (χ1n) is 4.10. The highest BCUT2D eigenvalue weighted by atomic mass is 16.4. The Bertz CT molecular complexity index is 192. The molecule has 5 heteroatoms. The minimum Gasteiger partial charge on any atom is -0.481 e. The van der Waals surface area contributed by atoms with Crippen LogP contribution < -0.4 is 5.73 Å². The number of aliphatic carboxylic acids is 2. The molecule has 76 valence electrons. The topological polar surface area (TPSA) is 101 Å². The van der Waals surface area contributed by atoms with Gasteiger partial charge in [0.15, 0.2) is 0 Å². The number of hydrogen-bond donors (Lipinski definition) is 3. The number of nitrogens with two attached hydrogens (primary N) is 1. The van der Waals surface area contributed by atoms with Crippen LogP contribution in [0.4, 0.5) is 0 Å². The molecule has 0 bridgehead atoms. The molecule has 1 aliphatic carbocycles. The van der Waals surface area contributed by atoms with Gasteiger partial charge in [0.1, 0.15) is 5.54 Å². The van der Waals surface area contributed by atoms with E-state index in [4.69, 9.17) is 20.7 Å². The van der Waals surface area contributed by atoms with E-state index in [1.165, 1.54) is 0 Å². The fourth-order valence-corrected chi connectivity index (χ4v) is 1.22. The first kappa shape index (κ1) is 11.9. The molecule has 0 radical (unpaired) electrons. The zero-order valence-corrected chi connectivity index (χ0v) is 7.62. The Balaban J connectivity index is 0.000000310. The molecular weight excluding hydrogens is 174 g/mol. The minimum absolute atomic E-state index is 0.641. The van der Waals surface area contributed by atoms with Crippen molar-refractivity contribution in [2.45, 2.75) is 38.1 Å².